The lowest BCUT2D eigenvalue weighted by molar-refractivity contribution is -0.116. The number of hydrogen-bond donors (Lipinski definition) is 1. The van der Waals surface area contributed by atoms with Gasteiger partial charge in [0.1, 0.15) is 12.4 Å². The summed E-state index contributed by atoms with van der Waals surface area (Å²) in [6, 6.07) is 6.22. The van der Waals surface area contributed by atoms with Crippen LogP contribution >= 0.6 is 11.3 Å². The van der Waals surface area contributed by atoms with Gasteiger partial charge in [-0.25, -0.2) is 14.2 Å². The molecule has 8 heteroatoms. The minimum atomic E-state index is -0.545. The van der Waals surface area contributed by atoms with Crippen LogP contribution in [-0.4, -0.2) is 28.5 Å². The first-order chi connectivity index (χ1) is 11.5. The van der Waals surface area contributed by atoms with Crippen LogP contribution in [0.4, 0.5) is 9.52 Å². The first-order valence-electron chi connectivity index (χ1n) is 7.08. The van der Waals surface area contributed by atoms with Crippen molar-refractivity contribution in [2.75, 3.05) is 12.4 Å². The van der Waals surface area contributed by atoms with Gasteiger partial charge in [-0.3, -0.25) is 4.79 Å². The minimum Gasteiger partial charge on any atom is -0.464 e. The van der Waals surface area contributed by atoms with Gasteiger partial charge < -0.3 is 14.6 Å². The fourth-order valence-corrected chi connectivity index (χ4v) is 3.16. The second-order valence-electron chi connectivity index (χ2n) is 5.11. The summed E-state index contributed by atoms with van der Waals surface area (Å²) in [7, 11) is 1.27. The Morgan fingerprint density at radius 1 is 1.38 bits per heavy atom. The number of esters is 1. The molecule has 0 bridgehead atoms. The van der Waals surface area contributed by atoms with Crippen LogP contribution in [0.3, 0.4) is 0 Å². The second kappa shape index (κ2) is 6.40. The van der Waals surface area contributed by atoms with Crippen LogP contribution in [0.1, 0.15) is 15.4 Å². The Balaban J connectivity index is 1.76. The van der Waals surface area contributed by atoms with E-state index in [-0.39, 0.29) is 24.0 Å². The van der Waals surface area contributed by atoms with Crippen LogP contribution in [0, 0.1) is 12.7 Å². The molecule has 0 aliphatic heterocycles. The Hall–Kier alpha value is -2.74. The average Bonchev–Trinajstić information content (AvgIpc) is 3.10. The molecule has 0 aliphatic carbocycles. The normalized spacial score (nSPS) is 10.8. The highest BCUT2D eigenvalue weighted by molar-refractivity contribution is 7.16. The molecule has 1 N–H and O–H groups in total. The van der Waals surface area contributed by atoms with E-state index < -0.39 is 5.97 Å². The highest BCUT2D eigenvalue weighted by Crippen LogP contribution is 2.23. The number of carbonyl (C=O) groups is 2. The Morgan fingerprint density at radius 2 is 2.17 bits per heavy atom. The third kappa shape index (κ3) is 3.13. The molecule has 0 radical (unpaired) electrons. The fraction of sp³-hybridized carbons (Fsp3) is 0.188. The van der Waals surface area contributed by atoms with Gasteiger partial charge in [-0.05, 0) is 36.6 Å². The number of fused-ring (bicyclic) bond motifs is 1. The quantitative estimate of drug-likeness (QED) is 0.737. The molecule has 0 aliphatic rings. The highest BCUT2D eigenvalue weighted by atomic mass is 32.1. The number of anilines is 1. The molecule has 3 rings (SSSR count). The minimum absolute atomic E-state index is 0.0130. The van der Waals surface area contributed by atoms with Gasteiger partial charge in [0.25, 0.3) is 0 Å². The summed E-state index contributed by atoms with van der Waals surface area (Å²) in [5.41, 5.74) is 0.821. The topological polar surface area (TPSA) is 73.2 Å². The molecule has 24 heavy (non-hydrogen) atoms. The summed E-state index contributed by atoms with van der Waals surface area (Å²) in [4.78, 5) is 28.5. The molecule has 6 nitrogen and oxygen atoms in total. The summed E-state index contributed by atoms with van der Waals surface area (Å²) in [5, 5.41) is 3.82. The zero-order valence-electron chi connectivity index (χ0n) is 13.0. The smallest absolute Gasteiger partial charge is 0.357 e. The SMILES string of the molecule is COC(=O)c1nc(NC(=O)Cn2ccc3ccc(F)cc32)sc1C. The van der Waals surface area contributed by atoms with Gasteiger partial charge in [0, 0.05) is 11.1 Å². The number of amides is 1. The van der Waals surface area contributed by atoms with E-state index in [1.165, 1.54) is 30.6 Å². The standard InChI is InChI=1S/C16H14FN3O3S/c1-9-14(15(22)23-2)19-16(24-9)18-13(21)8-20-6-5-10-3-4-11(17)7-12(10)20/h3-7H,8H2,1-2H3,(H,18,19,21). The maximum Gasteiger partial charge on any atom is 0.357 e. The molecule has 0 spiro atoms. The first kappa shape index (κ1) is 16.1. The van der Waals surface area contributed by atoms with Crippen LogP contribution in [0.5, 0.6) is 0 Å². The number of benzene rings is 1. The maximum absolute atomic E-state index is 13.4. The van der Waals surface area contributed by atoms with Gasteiger partial charge in [-0.1, -0.05) is 0 Å². The van der Waals surface area contributed by atoms with Crippen molar-refractivity contribution >= 4 is 39.2 Å². The number of thiazole rings is 1. The van der Waals surface area contributed by atoms with Gasteiger partial charge in [0.2, 0.25) is 5.91 Å². The zero-order valence-corrected chi connectivity index (χ0v) is 13.8. The number of nitrogens with one attached hydrogen (secondary N) is 1. The van der Waals surface area contributed by atoms with E-state index in [2.05, 4.69) is 15.0 Å². The largest absolute Gasteiger partial charge is 0.464 e. The van der Waals surface area contributed by atoms with Crippen molar-refractivity contribution < 1.29 is 18.7 Å². The maximum atomic E-state index is 13.4. The van der Waals surface area contributed by atoms with Crippen LogP contribution < -0.4 is 5.32 Å². The van der Waals surface area contributed by atoms with Gasteiger partial charge >= 0.3 is 5.97 Å². The fourth-order valence-electron chi connectivity index (χ4n) is 2.34. The predicted molar refractivity (Wildman–Crippen MR) is 88.7 cm³/mol. The Morgan fingerprint density at radius 3 is 2.92 bits per heavy atom. The van der Waals surface area contributed by atoms with E-state index in [0.29, 0.717) is 15.5 Å². The van der Waals surface area contributed by atoms with Crippen molar-refractivity contribution in [2.45, 2.75) is 13.5 Å². The number of aryl methyl sites for hydroxylation is 1. The third-order valence-corrected chi connectivity index (χ3v) is 4.36. The lowest BCUT2D eigenvalue weighted by Gasteiger charge is -2.05. The molecule has 2 aromatic heterocycles. The summed E-state index contributed by atoms with van der Waals surface area (Å²) >= 11 is 1.19. The van der Waals surface area contributed by atoms with E-state index in [1.807, 2.05) is 6.07 Å². The third-order valence-electron chi connectivity index (χ3n) is 3.47. The lowest BCUT2D eigenvalue weighted by atomic mass is 10.2. The van der Waals surface area contributed by atoms with E-state index in [1.54, 1.807) is 23.8 Å². The number of carbonyl (C=O) groups excluding carboxylic acids is 2. The van der Waals surface area contributed by atoms with E-state index in [0.717, 1.165) is 5.39 Å². The molecular weight excluding hydrogens is 333 g/mol. The molecule has 1 aromatic carbocycles. The van der Waals surface area contributed by atoms with Gasteiger partial charge in [-0.2, -0.15) is 0 Å². The molecule has 0 saturated heterocycles. The number of halogens is 1. The summed E-state index contributed by atoms with van der Waals surface area (Å²) in [6.45, 7) is 1.74. The number of methoxy groups -OCH3 is 1. The van der Waals surface area contributed by atoms with Crippen molar-refractivity contribution in [3.05, 3.63) is 46.9 Å². The molecule has 0 fully saturated rings. The molecule has 2 heterocycles. The highest BCUT2D eigenvalue weighted by Gasteiger charge is 2.17. The van der Waals surface area contributed by atoms with Crippen molar-refractivity contribution in [1.82, 2.24) is 9.55 Å². The van der Waals surface area contributed by atoms with E-state index in [4.69, 9.17) is 0 Å². The van der Waals surface area contributed by atoms with E-state index >= 15 is 0 Å². The van der Waals surface area contributed by atoms with Crippen LogP contribution in [0.25, 0.3) is 10.9 Å². The average molecular weight is 347 g/mol. The molecule has 124 valence electrons. The summed E-state index contributed by atoms with van der Waals surface area (Å²) < 4.78 is 19.7. The molecular formula is C16H14FN3O3S. The van der Waals surface area contributed by atoms with Crippen LogP contribution in [-0.2, 0) is 16.1 Å². The zero-order chi connectivity index (χ0) is 17.3. The molecule has 0 saturated carbocycles. The predicted octanol–water partition coefficient (Wildman–Crippen LogP) is 2.97. The summed E-state index contributed by atoms with van der Waals surface area (Å²) in [5.74, 6) is -1.22. The van der Waals surface area contributed by atoms with Gasteiger partial charge in [0.15, 0.2) is 10.8 Å². The Kier molecular flexibility index (Phi) is 4.30. The van der Waals surface area contributed by atoms with E-state index in [9.17, 15) is 14.0 Å². The van der Waals surface area contributed by atoms with Gasteiger partial charge in [-0.15, -0.1) is 11.3 Å². The number of ether oxygens (including phenoxy) is 1. The lowest BCUT2D eigenvalue weighted by Crippen LogP contribution is -2.18. The molecule has 3 aromatic rings. The number of hydrogen-bond acceptors (Lipinski definition) is 5. The Bertz CT molecular complexity index is 932. The molecule has 1 amide bonds. The molecule has 0 atom stereocenters. The number of rotatable bonds is 4. The number of nitrogens with zero attached hydrogens (tertiary/aromatic N) is 2. The second-order valence-corrected chi connectivity index (χ2v) is 6.31. The van der Waals surface area contributed by atoms with Crippen LogP contribution in [0.2, 0.25) is 0 Å². The van der Waals surface area contributed by atoms with Crippen molar-refractivity contribution in [2.24, 2.45) is 0 Å². The number of aromatic nitrogens is 2. The van der Waals surface area contributed by atoms with Crippen molar-refractivity contribution in [3.8, 4) is 0 Å². The van der Waals surface area contributed by atoms with Crippen molar-refractivity contribution in [3.63, 3.8) is 0 Å². The van der Waals surface area contributed by atoms with Crippen LogP contribution in [0.15, 0.2) is 30.5 Å². The first-order valence-corrected chi connectivity index (χ1v) is 7.89. The van der Waals surface area contributed by atoms with Gasteiger partial charge in [0.05, 0.1) is 12.6 Å². The monoisotopic (exact) mass is 347 g/mol. The summed E-state index contributed by atoms with van der Waals surface area (Å²) in [6.07, 6.45) is 1.72. The molecule has 0 unspecified atom stereocenters. The Labute approximate surface area is 140 Å². The van der Waals surface area contributed by atoms with Crippen molar-refractivity contribution in [1.29, 1.82) is 0 Å².